The smallest absolute Gasteiger partial charge is 0.220 e. The Bertz CT molecular complexity index is 911. The van der Waals surface area contributed by atoms with Gasteiger partial charge in [-0.15, -0.1) is 0 Å². The van der Waals surface area contributed by atoms with Crippen molar-refractivity contribution in [1.29, 1.82) is 0 Å². The van der Waals surface area contributed by atoms with Crippen LogP contribution < -0.4 is 5.32 Å². The maximum Gasteiger partial charge on any atom is 0.220 e. The molecule has 1 unspecified atom stereocenters. The van der Waals surface area contributed by atoms with Gasteiger partial charge in [-0.3, -0.25) is 9.89 Å². The van der Waals surface area contributed by atoms with Gasteiger partial charge < -0.3 is 5.32 Å². The number of aryl methyl sites for hydroxylation is 2. The number of aromatic amines is 1. The van der Waals surface area contributed by atoms with Gasteiger partial charge in [0, 0.05) is 6.42 Å². The molecule has 0 aliphatic rings. The van der Waals surface area contributed by atoms with Crippen molar-refractivity contribution in [3.05, 3.63) is 81.4 Å². The molecule has 1 amide bonds. The van der Waals surface area contributed by atoms with Gasteiger partial charge in [-0.2, -0.15) is 5.10 Å². The number of nitrogens with one attached hydrogen (secondary N) is 2. The first-order chi connectivity index (χ1) is 13.0. The minimum absolute atomic E-state index is 0.0497. The van der Waals surface area contributed by atoms with Crippen LogP contribution in [0.4, 0.5) is 0 Å². The number of carbonyl (C=O) groups is 1. The second-order valence-corrected chi connectivity index (χ2v) is 7.11. The van der Waals surface area contributed by atoms with Crippen molar-refractivity contribution in [2.75, 3.05) is 0 Å². The summed E-state index contributed by atoms with van der Waals surface area (Å²) >= 11 is 12.0. The highest BCUT2D eigenvalue weighted by molar-refractivity contribution is 6.42. The number of amides is 1. The highest BCUT2D eigenvalue weighted by Crippen LogP contribution is 2.23. The van der Waals surface area contributed by atoms with Crippen molar-refractivity contribution < 1.29 is 4.79 Å². The zero-order valence-corrected chi connectivity index (χ0v) is 16.4. The second-order valence-electron chi connectivity index (χ2n) is 6.29. The molecule has 0 spiro atoms. The maximum atomic E-state index is 12.5. The summed E-state index contributed by atoms with van der Waals surface area (Å²) in [5, 5.41) is 11.1. The highest BCUT2D eigenvalue weighted by Gasteiger charge is 2.20. The van der Waals surface area contributed by atoms with Gasteiger partial charge in [-0.05, 0) is 43.0 Å². The SMILES string of the molecule is Cc1nc(C(NC(=O)CCCc2ccc(Cl)c(Cl)c2)c2ccccc2)n[nH]1. The fraction of sp³-hybridized carbons (Fsp3) is 0.250. The molecular formula is C20H20Cl2N4O. The van der Waals surface area contributed by atoms with Crippen LogP contribution >= 0.6 is 23.2 Å². The highest BCUT2D eigenvalue weighted by atomic mass is 35.5. The van der Waals surface area contributed by atoms with Crippen molar-refractivity contribution >= 4 is 29.1 Å². The van der Waals surface area contributed by atoms with Crippen molar-refractivity contribution in [3.8, 4) is 0 Å². The summed E-state index contributed by atoms with van der Waals surface area (Å²) in [6.45, 7) is 1.83. The van der Waals surface area contributed by atoms with Gasteiger partial charge in [0.15, 0.2) is 5.82 Å². The van der Waals surface area contributed by atoms with Crippen LogP contribution in [0, 0.1) is 6.92 Å². The maximum absolute atomic E-state index is 12.5. The summed E-state index contributed by atoms with van der Waals surface area (Å²) in [6, 6.07) is 14.8. The molecule has 3 aromatic rings. The van der Waals surface area contributed by atoms with E-state index in [9.17, 15) is 4.79 Å². The number of nitrogens with zero attached hydrogens (tertiary/aromatic N) is 2. The van der Waals surface area contributed by atoms with Gasteiger partial charge >= 0.3 is 0 Å². The van der Waals surface area contributed by atoms with Gasteiger partial charge in [0.1, 0.15) is 11.9 Å². The van der Waals surface area contributed by atoms with Gasteiger partial charge in [-0.1, -0.05) is 59.6 Å². The zero-order chi connectivity index (χ0) is 19.2. The fourth-order valence-electron chi connectivity index (χ4n) is 2.81. The molecule has 0 saturated heterocycles. The average molecular weight is 403 g/mol. The molecule has 1 heterocycles. The molecule has 2 N–H and O–H groups in total. The van der Waals surface area contributed by atoms with Crippen LogP contribution in [0.1, 0.15) is 41.7 Å². The number of halogens is 2. The number of benzene rings is 2. The Hall–Kier alpha value is -2.37. The predicted octanol–water partition coefficient (Wildman–Crippen LogP) is 4.65. The van der Waals surface area contributed by atoms with Crippen LogP contribution in [0.3, 0.4) is 0 Å². The number of rotatable bonds is 7. The molecule has 0 bridgehead atoms. The molecule has 0 aliphatic carbocycles. The molecular weight excluding hydrogens is 383 g/mol. The first kappa shape index (κ1) is 19.4. The molecule has 0 fully saturated rings. The number of H-pyrrole nitrogens is 1. The number of carbonyl (C=O) groups excluding carboxylic acids is 1. The average Bonchev–Trinajstić information content (AvgIpc) is 3.09. The third kappa shape index (κ3) is 5.31. The van der Waals surface area contributed by atoms with E-state index in [-0.39, 0.29) is 11.9 Å². The topological polar surface area (TPSA) is 70.7 Å². The Morgan fingerprint density at radius 3 is 2.59 bits per heavy atom. The molecule has 7 heteroatoms. The van der Waals surface area contributed by atoms with Crippen molar-refractivity contribution in [1.82, 2.24) is 20.5 Å². The molecule has 1 atom stereocenters. The Morgan fingerprint density at radius 2 is 1.93 bits per heavy atom. The molecule has 0 radical (unpaired) electrons. The second kappa shape index (κ2) is 9.02. The van der Waals surface area contributed by atoms with E-state index in [0.29, 0.717) is 34.5 Å². The van der Waals surface area contributed by atoms with E-state index in [1.54, 1.807) is 6.07 Å². The third-order valence-corrected chi connectivity index (χ3v) is 4.90. The lowest BCUT2D eigenvalue weighted by Gasteiger charge is -2.16. The van der Waals surface area contributed by atoms with Gasteiger partial charge in [-0.25, -0.2) is 4.98 Å². The van der Waals surface area contributed by atoms with Crippen LogP contribution in [0.2, 0.25) is 10.0 Å². The predicted molar refractivity (Wildman–Crippen MR) is 107 cm³/mol. The van der Waals surface area contributed by atoms with E-state index >= 15 is 0 Å². The van der Waals surface area contributed by atoms with Crippen LogP contribution in [0.25, 0.3) is 0 Å². The van der Waals surface area contributed by atoms with Crippen LogP contribution in [0.15, 0.2) is 48.5 Å². The van der Waals surface area contributed by atoms with Crippen molar-refractivity contribution in [2.24, 2.45) is 0 Å². The first-order valence-electron chi connectivity index (χ1n) is 8.70. The standard InChI is InChI=1S/C20H20Cl2N4O/c1-13-23-20(26-25-13)19(15-7-3-2-4-8-15)24-18(27)9-5-6-14-10-11-16(21)17(22)12-14/h2-4,7-8,10-12,19H,5-6,9H2,1H3,(H,24,27)(H,23,25,26). The summed E-state index contributed by atoms with van der Waals surface area (Å²) in [5.41, 5.74) is 2.00. The Balaban J connectivity index is 1.61. The largest absolute Gasteiger partial charge is 0.342 e. The van der Waals surface area contributed by atoms with Crippen LogP contribution in [-0.2, 0) is 11.2 Å². The molecule has 140 valence electrons. The lowest BCUT2D eigenvalue weighted by atomic mass is 10.1. The van der Waals surface area contributed by atoms with E-state index in [2.05, 4.69) is 20.5 Å². The van der Waals surface area contributed by atoms with Crippen molar-refractivity contribution in [3.63, 3.8) is 0 Å². The monoisotopic (exact) mass is 402 g/mol. The van der Waals surface area contributed by atoms with E-state index in [0.717, 1.165) is 17.5 Å². The van der Waals surface area contributed by atoms with E-state index in [1.807, 2.05) is 49.4 Å². The zero-order valence-electron chi connectivity index (χ0n) is 14.9. The summed E-state index contributed by atoms with van der Waals surface area (Å²) in [7, 11) is 0. The summed E-state index contributed by atoms with van der Waals surface area (Å²) < 4.78 is 0. The van der Waals surface area contributed by atoms with Gasteiger partial charge in [0.25, 0.3) is 0 Å². The van der Waals surface area contributed by atoms with E-state index in [4.69, 9.17) is 23.2 Å². The van der Waals surface area contributed by atoms with E-state index < -0.39 is 0 Å². The molecule has 3 rings (SSSR count). The minimum Gasteiger partial charge on any atom is -0.342 e. The van der Waals surface area contributed by atoms with Gasteiger partial charge in [0.05, 0.1) is 10.0 Å². The first-order valence-corrected chi connectivity index (χ1v) is 9.45. The Morgan fingerprint density at radius 1 is 1.15 bits per heavy atom. The molecule has 1 aromatic heterocycles. The molecule has 27 heavy (non-hydrogen) atoms. The number of aromatic nitrogens is 3. The molecule has 5 nitrogen and oxygen atoms in total. The Kier molecular flexibility index (Phi) is 6.48. The van der Waals surface area contributed by atoms with Crippen LogP contribution in [-0.4, -0.2) is 21.1 Å². The van der Waals surface area contributed by atoms with Crippen LogP contribution in [0.5, 0.6) is 0 Å². The van der Waals surface area contributed by atoms with E-state index in [1.165, 1.54) is 0 Å². The molecule has 2 aromatic carbocycles. The summed E-state index contributed by atoms with van der Waals surface area (Å²) in [6.07, 6.45) is 1.85. The normalized spacial score (nSPS) is 12.0. The third-order valence-electron chi connectivity index (χ3n) is 4.16. The lowest BCUT2D eigenvalue weighted by molar-refractivity contribution is -0.121. The fourth-order valence-corrected chi connectivity index (χ4v) is 3.13. The minimum atomic E-state index is -0.381. The Labute approximate surface area is 168 Å². The number of hydrogen-bond donors (Lipinski definition) is 2. The lowest BCUT2D eigenvalue weighted by Crippen LogP contribution is -2.30. The molecule has 0 saturated carbocycles. The quantitative estimate of drug-likeness (QED) is 0.603. The summed E-state index contributed by atoms with van der Waals surface area (Å²) in [4.78, 5) is 16.9. The molecule has 0 aliphatic heterocycles. The summed E-state index contributed by atoms with van der Waals surface area (Å²) in [5.74, 6) is 1.21. The van der Waals surface area contributed by atoms with Gasteiger partial charge in [0.2, 0.25) is 5.91 Å². The number of hydrogen-bond acceptors (Lipinski definition) is 3. The van der Waals surface area contributed by atoms with Crippen molar-refractivity contribution in [2.45, 2.75) is 32.2 Å².